The summed E-state index contributed by atoms with van der Waals surface area (Å²) >= 11 is 0. The zero-order valence-electron chi connectivity index (χ0n) is 15.7. The molecule has 1 amide bonds. The zero-order chi connectivity index (χ0) is 18.6. The van der Waals surface area contributed by atoms with Gasteiger partial charge in [-0.1, -0.05) is 60.7 Å². The van der Waals surface area contributed by atoms with Crippen LogP contribution in [0.2, 0.25) is 0 Å². The van der Waals surface area contributed by atoms with Crippen molar-refractivity contribution >= 4 is 5.91 Å². The van der Waals surface area contributed by atoms with E-state index in [1.165, 1.54) is 36.0 Å². The maximum absolute atomic E-state index is 12.7. The predicted octanol–water partition coefficient (Wildman–Crippen LogP) is 5.72. The number of nitrogens with one attached hydrogen (secondary N) is 1. The molecule has 27 heavy (non-hydrogen) atoms. The molecule has 4 rings (SSSR count). The van der Waals surface area contributed by atoms with Crippen LogP contribution in [-0.2, 0) is 12.8 Å². The van der Waals surface area contributed by atoms with E-state index in [0.29, 0.717) is 5.56 Å². The van der Waals surface area contributed by atoms with E-state index >= 15 is 0 Å². The van der Waals surface area contributed by atoms with Crippen molar-refractivity contribution < 1.29 is 4.79 Å². The van der Waals surface area contributed by atoms with Crippen molar-refractivity contribution in [2.45, 2.75) is 38.6 Å². The minimum atomic E-state index is -0.0279. The average molecular weight is 355 g/mol. The number of hydrogen-bond donors (Lipinski definition) is 1. The minimum Gasteiger partial charge on any atom is -0.346 e. The largest absolute Gasteiger partial charge is 0.346 e. The van der Waals surface area contributed by atoms with Crippen molar-refractivity contribution in [3.8, 4) is 11.1 Å². The Morgan fingerprint density at radius 2 is 1.48 bits per heavy atom. The number of fused-ring (bicyclic) bond motifs is 1. The van der Waals surface area contributed by atoms with Crippen LogP contribution in [0, 0.1) is 0 Å². The lowest BCUT2D eigenvalue weighted by atomic mass is 9.89. The molecule has 2 heteroatoms. The summed E-state index contributed by atoms with van der Waals surface area (Å²) in [6, 6.07) is 24.7. The molecule has 0 fully saturated rings. The standard InChI is InChI=1S/C25H25NO/c1-18(23-16-13-20-9-5-6-10-24(20)17-23)26-25(27)22-14-11-21(12-15-22)19-7-3-2-4-8-19/h2-4,7-8,11-18H,5-6,9-10H2,1H3,(H,26,27)/t18-/m0/s1. The Kier molecular flexibility index (Phi) is 5.06. The molecule has 136 valence electrons. The van der Waals surface area contributed by atoms with Gasteiger partial charge in [0.25, 0.3) is 5.91 Å². The van der Waals surface area contributed by atoms with Gasteiger partial charge in [0.05, 0.1) is 6.04 Å². The van der Waals surface area contributed by atoms with Crippen LogP contribution >= 0.6 is 0 Å². The lowest BCUT2D eigenvalue weighted by molar-refractivity contribution is 0.0940. The van der Waals surface area contributed by atoms with Gasteiger partial charge in [-0.2, -0.15) is 0 Å². The highest BCUT2D eigenvalue weighted by atomic mass is 16.1. The molecule has 0 spiro atoms. The summed E-state index contributed by atoms with van der Waals surface area (Å²) in [5, 5.41) is 3.14. The van der Waals surface area contributed by atoms with Crippen LogP contribution in [-0.4, -0.2) is 5.91 Å². The Balaban J connectivity index is 1.45. The maximum atomic E-state index is 12.7. The van der Waals surface area contributed by atoms with Crippen LogP contribution in [0.5, 0.6) is 0 Å². The Labute approximate surface area is 161 Å². The van der Waals surface area contributed by atoms with E-state index in [1.54, 1.807) is 0 Å². The molecular weight excluding hydrogens is 330 g/mol. The van der Waals surface area contributed by atoms with E-state index in [2.05, 4.69) is 42.6 Å². The van der Waals surface area contributed by atoms with Crippen molar-refractivity contribution in [1.29, 1.82) is 0 Å². The number of amides is 1. The number of rotatable bonds is 4. The van der Waals surface area contributed by atoms with Crippen molar-refractivity contribution in [3.05, 3.63) is 95.1 Å². The fraction of sp³-hybridized carbons (Fsp3) is 0.240. The molecular formula is C25H25NO. The van der Waals surface area contributed by atoms with E-state index in [1.807, 2.05) is 42.5 Å². The van der Waals surface area contributed by atoms with E-state index < -0.39 is 0 Å². The SMILES string of the molecule is C[C@H](NC(=O)c1ccc(-c2ccccc2)cc1)c1ccc2c(c1)CCCC2. The molecule has 3 aromatic rings. The molecule has 1 aliphatic rings. The first-order valence-corrected chi connectivity index (χ1v) is 9.79. The topological polar surface area (TPSA) is 29.1 Å². The monoisotopic (exact) mass is 355 g/mol. The highest BCUT2D eigenvalue weighted by Crippen LogP contribution is 2.25. The molecule has 3 aromatic carbocycles. The Morgan fingerprint density at radius 1 is 0.815 bits per heavy atom. The molecule has 0 heterocycles. The molecule has 1 aliphatic carbocycles. The molecule has 2 nitrogen and oxygen atoms in total. The molecule has 1 atom stereocenters. The van der Waals surface area contributed by atoms with Gasteiger partial charge >= 0.3 is 0 Å². The fourth-order valence-corrected chi connectivity index (χ4v) is 3.83. The van der Waals surface area contributed by atoms with Crippen molar-refractivity contribution in [3.63, 3.8) is 0 Å². The fourth-order valence-electron chi connectivity index (χ4n) is 3.83. The Morgan fingerprint density at radius 3 is 2.22 bits per heavy atom. The third kappa shape index (κ3) is 3.95. The molecule has 0 bridgehead atoms. The second-order valence-corrected chi connectivity index (χ2v) is 7.37. The third-order valence-electron chi connectivity index (χ3n) is 5.47. The summed E-state index contributed by atoms with van der Waals surface area (Å²) in [7, 11) is 0. The van der Waals surface area contributed by atoms with Crippen LogP contribution < -0.4 is 5.32 Å². The van der Waals surface area contributed by atoms with E-state index in [-0.39, 0.29) is 11.9 Å². The van der Waals surface area contributed by atoms with Crippen LogP contribution in [0.3, 0.4) is 0 Å². The van der Waals surface area contributed by atoms with Gasteiger partial charge in [-0.05, 0) is 72.6 Å². The van der Waals surface area contributed by atoms with Crippen molar-refractivity contribution in [2.75, 3.05) is 0 Å². The quantitative estimate of drug-likeness (QED) is 0.637. The molecule has 1 N–H and O–H groups in total. The summed E-state index contributed by atoms with van der Waals surface area (Å²) in [5.41, 5.74) is 7.08. The first-order valence-electron chi connectivity index (χ1n) is 9.79. The second kappa shape index (κ2) is 7.79. The summed E-state index contributed by atoms with van der Waals surface area (Å²) in [5.74, 6) is -0.0279. The number of carbonyl (C=O) groups excluding carboxylic acids is 1. The second-order valence-electron chi connectivity index (χ2n) is 7.37. The molecule has 0 aliphatic heterocycles. The van der Waals surface area contributed by atoms with Gasteiger partial charge in [0.15, 0.2) is 0 Å². The summed E-state index contributed by atoms with van der Waals surface area (Å²) in [6.07, 6.45) is 4.90. The first-order chi connectivity index (χ1) is 13.2. The lowest BCUT2D eigenvalue weighted by Gasteiger charge is -2.20. The molecule has 0 saturated heterocycles. The van der Waals surface area contributed by atoms with Crippen molar-refractivity contribution in [1.82, 2.24) is 5.32 Å². The number of carbonyl (C=O) groups is 1. The highest BCUT2D eigenvalue weighted by Gasteiger charge is 2.15. The van der Waals surface area contributed by atoms with E-state index in [9.17, 15) is 4.79 Å². The maximum Gasteiger partial charge on any atom is 0.251 e. The van der Waals surface area contributed by atoms with Gasteiger partial charge in [0.1, 0.15) is 0 Å². The van der Waals surface area contributed by atoms with Crippen LogP contribution in [0.1, 0.15) is 52.9 Å². The third-order valence-corrected chi connectivity index (χ3v) is 5.47. The van der Waals surface area contributed by atoms with Gasteiger partial charge in [-0.25, -0.2) is 0 Å². The molecule has 0 saturated carbocycles. The van der Waals surface area contributed by atoms with Gasteiger partial charge in [0, 0.05) is 5.56 Å². The van der Waals surface area contributed by atoms with Crippen LogP contribution in [0.25, 0.3) is 11.1 Å². The van der Waals surface area contributed by atoms with Crippen LogP contribution in [0.15, 0.2) is 72.8 Å². The predicted molar refractivity (Wildman–Crippen MR) is 111 cm³/mol. The van der Waals surface area contributed by atoms with Crippen LogP contribution in [0.4, 0.5) is 0 Å². The highest BCUT2D eigenvalue weighted by molar-refractivity contribution is 5.95. The normalized spacial score (nSPS) is 14.3. The van der Waals surface area contributed by atoms with E-state index in [0.717, 1.165) is 17.5 Å². The lowest BCUT2D eigenvalue weighted by Crippen LogP contribution is -2.26. The van der Waals surface area contributed by atoms with Gasteiger partial charge in [0.2, 0.25) is 0 Å². The Bertz CT molecular complexity index is 928. The summed E-state index contributed by atoms with van der Waals surface area (Å²) < 4.78 is 0. The summed E-state index contributed by atoms with van der Waals surface area (Å²) in [6.45, 7) is 2.06. The minimum absolute atomic E-state index is 0.00136. The molecule has 0 radical (unpaired) electrons. The zero-order valence-corrected chi connectivity index (χ0v) is 15.7. The smallest absolute Gasteiger partial charge is 0.251 e. The average Bonchev–Trinajstić information content (AvgIpc) is 2.74. The first kappa shape index (κ1) is 17.5. The number of hydrogen-bond acceptors (Lipinski definition) is 1. The molecule has 0 aromatic heterocycles. The van der Waals surface area contributed by atoms with Gasteiger partial charge in [-0.3, -0.25) is 4.79 Å². The molecule has 0 unspecified atom stereocenters. The van der Waals surface area contributed by atoms with Crippen molar-refractivity contribution in [2.24, 2.45) is 0 Å². The Hall–Kier alpha value is -2.87. The summed E-state index contributed by atoms with van der Waals surface area (Å²) in [4.78, 5) is 12.7. The number of aryl methyl sites for hydroxylation is 2. The number of benzene rings is 3. The van der Waals surface area contributed by atoms with Gasteiger partial charge < -0.3 is 5.32 Å². The van der Waals surface area contributed by atoms with E-state index in [4.69, 9.17) is 0 Å². The van der Waals surface area contributed by atoms with Gasteiger partial charge in [-0.15, -0.1) is 0 Å².